The van der Waals surface area contributed by atoms with Crippen LogP contribution >= 0.6 is 27.5 Å². The van der Waals surface area contributed by atoms with Crippen LogP contribution in [0.5, 0.6) is 0 Å². The summed E-state index contributed by atoms with van der Waals surface area (Å²) in [6, 6.07) is 1.90. The van der Waals surface area contributed by atoms with Crippen molar-refractivity contribution in [1.82, 2.24) is 9.38 Å². The SMILES string of the molecule is Cc1cc(Cl)n2ccnc2c1Br. The molecule has 4 heteroatoms. The summed E-state index contributed by atoms with van der Waals surface area (Å²) in [6.07, 6.45) is 3.56. The molecule has 0 N–H and O–H groups in total. The summed E-state index contributed by atoms with van der Waals surface area (Å²) in [5, 5.41) is 0.684. The number of fused-ring (bicyclic) bond motifs is 1. The summed E-state index contributed by atoms with van der Waals surface area (Å²) >= 11 is 9.43. The third-order valence-corrected chi connectivity index (χ3v) is 3.02. The van der Waals surface area contributed by atoms with E-state index in [1.165, 1.54) is 0 Å². The summed E-state index contributed by atoms with van der Waals surface area (Å²) in [7, 11) is 0. The van der Waals surface area contributed by atoms with Crippen molar-refractivity contribution in [2.45, 2.75) is 6.92 Å². The van der Waals surface area contributed by atoms with Gasteiger partial charge in [0.1, 0.15) is 5.15 Å². The summed E-state index contributed by atoms with van der Waals surface area (Å²) in [5.41, 5.74) is 1.96. The quantitative estimate of drug-likeness (QED) is 0.652. The highest BCUT2D eigenvalue weighted by Gasteiger charge is 2.05. The second-order valence-corrected chi connectivity index (χ2v) is 3.77. The van der Waals surface area contributed by atoms with Gasteiger partial charge in [-0.15, -0.1) is 0 Å². The summed E-state index contributed by atoms with van der Waals surface area (Å²) in [4.78, 5) is 4.17. The Kier molecular flexibility index (Phi) is 1.85. The van der Waals surface area contributed by atoms with Crippen molar-refractivity contribution < 1.29 is 0 Å². The van der Waals surface area contributed by atoms with Crippen LogP contribution in [0.1, 0.15) is 5.56 Å². The van der Waals surface area contributed by atoms with E-state index >= 15 is 0 Å². The maximum absolute atomic E-state index is 5.98. The second kappa shape index (κ2) is 2.75. The van der Waals surface area contributed by atoms with Gasteiger partial charge < -0.3 is 0 Å². The van der Waals surface area contributed by atoms with Crippen LogP contribution in [0.2, 0.25) is 5.15 Å². The van der Waals surface area contributed by atoms with Crippen molar-refractivity contribution in [3.05, 3.63) is 33.6 Å². The van der Waals surface area contributed by atoms with Crippen molar-refractivity contribution in [3.8, 4) is 0 Å². The number of halogens is 2. The molecule has 0 unspecified atom stereocenters. The molecule has 0 amide bonds. The molecule has 2 nitrogen and oxygen atoms in total. The molecule has 0 saturated heterocycles. The molecule has 0 radical (unpaired) electrons. The lowest BCUT2D eigenvalue weighted by atomic mass is 10.3. The van der Waals surface area contributed by atoms with E-state index < -0.39 is 0 Å². The normalized spacial score (nSPS) is 10.9. The molecule has 62 valence electrons. The van der Waals surface area contributed by atoms with Gasteiger partial charge in [0.2, 0.25) is 0 Å². The van der Waals surface area contributed by atoms with Gasteiger partial charge in [-0.2, -0.15) is 0 Å². The molecule has 0 saturated carbocycles. The van der Waals surface area contributed by atoms with E-state index in [2.05, 4.69) is 20.9 Å². The maximum atomic E-state index is 5.98. The van der Waals surface area contributed by atoms with Crippen LogP contribution < -0.4 is 0 Å². The van der Waals surface area contributed by atoms with Crippen molar-refractivity contribution in [1.29, 1.82) is 0 Å². The zero-order valence-corrected chi connectivity index (χ0v) is 8.72. The van der Waals surface area contributed by atoms with Crippen LogP contribution in [0.25, 0.3) is 5.65 Å². The Bertz CT molecular complexity index is 436. The molecule has 0 bridgehead atoms. The molecular weight excluding hydrogens is 239 g/mol. The molecule has 0 spiro atoms. The van der Waals surface area contributed by atoms with E-state index in [-0.39, 0.29) is 0 Å². The number of aryl methyl sites for hydroxylation is 1. The summed E-state index contributed by atoms with van der Waals surface area (Å²) < 4.78 is 2.83. The summed E-state index contributed by atoms with van der Waals surface area (Å²) in [5.74, 6) is 0. The standard InChI is InChI=1S/C8H6BrClN2/c1-5-4-6(10)12-3-2-11-8(12)7(5)9/h2-4H,1H3. The Morgan fingerprint density at radius 1 is 1.58 bits per heavy atom. The lowest BCUT2D eigenvalue weighted by Crippen LogP contribution is -1.89. The molecule has 0 aliphatic carbocycles. The van der Waals surface area contributed by atoms with Crippen LogP contribution in [0.4, 0.5) is 0 Å². The van der Waals surface area contributed by atoms with E-state index in [1.54, 1.807) is 6.20 Å². The van der Waals surface area contributed by atoms with Gasteiger partial charge in [-0.25, -0.2) is 4.98 Å². The number of pyridine rings is 1. The minimum absolute atomic E-state index is 0.684. The fourth-order valence-corrected chi connectivity index (χ4v) is 1.83. The molecule has 2 aromatic heterocycles. The number of rotatable bonds is 0. The predicted octanol–water partition coefficient (Wildman–Crippen LogP) is 3.06. The summed E-state index contributed by atoms with van der Waals surface area (Å²) in [6.45, 7) is 1.99. The number of imidazole rings is 1. The van der Waals surface area contributed by atoms with E-state index in [9.17, 15) is 0 Å². The highest BCUT2D eigenvalue weighted by Crippen LogP contribution is 2.24. The lowest BCUT2D eigenvalue weighted by molar-refractivity contribution is 1.16. The molecule has 0 aromatic carbocycles. The monoisotopic (exact) mass is 244 g/mol. The van der Waals surface area contributed by atoms with E-state index in [4.69, 9.17) is 11.6 Å². The van der Waals surface area contributed by atoms with Crippen LogP contribution in [-0.2, 0) is 0 Å². The zero-order chi connectivity index (χ0) is 8.72. The molecule has 2 heterocycles. The topological polar surface area (TPSA) is 17.3 Å². The van der Waals surface area contributed by atoms with Crippen molar-refractivity contribution in [3.63, 3.8) is 0 Å². The van der Waals surface area contributed by atoms with Gasteiger partial charge in [0.15, 0.2) is 5.65 Å². The van der Waals surface area contributed by atoms with Crippen LogP contribution in [0, 0.1) is 6.92 Å². The average Bonchev–Trinajstić information content (AvgIpc) is 2.48. The third kappa shape index (κ3) is 1.04. The Morgan fingerprint density at radius 2 is 2.33 bits per heavy atom. The van der Waals surface area contributed by atoms with Gasteiger partial charge in [-0.1, -0.05) is 11.6 Å². The number of aromatic nitrogens is 2. The van der Waals surface area contributed by atoms with Gasteiger partial charge in [-0.3, -0.25) is 4.40 Å². The van der Waals surface area contributed by atoms with Gasteiger partial charge in [0, 0.05) is 12.4 Å². The van der Waals surface area contributed by atoms with Gasteiger partial charge in [0.25, 0.3) is 0 Å². The van der Waals surface area contributed by atoms with Gasteiger partial charge >= 0.3 is 0 Å². The first-order valence-corrected chi connectivity index (χ1v) is 4.65. The molecule has 2 aromatic rings. The van der Waals surface area contributed by atoms with Gasteiger partial charge in [0.05, 0.1) is 4.47 Å². The van der Waals surface area contributed by atoms with Crippen molar-refractivity contribution in [2.75, 3.05) is 0 Å². The third-order valence-electron chi connectivity index (χ3n) is 1.75. The lowest BCUT2D eigenvalue weighted by Gasteiger charge is -2.02. The van der Waals surface area contributed by atoms with Crippen LogP contribution in [-0.4, -0.2) is 9.38 Å². The molecular formula is C8H6BrClN2. The van der Waals surface area contributed by atoms with Crippen LogP contribution in [0.15, 0.2) is 22.9 Å². The van der Waals surface area contributed by atoms with E-state index in [1.807, 2.05) is 23.6 Å². The van der Waals surface area contributed by atoms with Crippen LogP contribution in [0.3, 0.4) is 0 Å². The number of hydrogen-bond donors (Lipinski definition) is 0. The minimum Gasteiger partial charge on any atom is -0.289 e. The predicted molar refractivity (Wildman–Crippen MR) is 52.6 cm³/mol. The largest absolute Gasteiger partial charge is 0.289 e. The Balaban J connectivity index is 2.97. The minimum atomic E-state index is 0.684. The average molecular weight is 246 g/mol. The zero-order valence-electron chi connectivity index (χ0n) is 6.38. The van der Waals surface area contributed by atoms with Crippen molar-refractivity contribution in [2.24, 2.45) is 0 Å². The first-order valence-electron chi connectivity index (χ1n) is 3.48. The first-order chi connectivity index (χ1) is 5.70. The first kappa shape index (κ1) is 8.08. The van der Waals surface area contributed by atoms with Gasteiger partial charge in [-0.05, 0) is 34.5 Å². The second-order valence-electron chi connectivity index (χ2n) is 2.58. The number of nitrogens with zero attached hydrogens (tertiary/aromatic N) is 2. The molecule has 0 fully saturated rings. The highest BCUT2D eigenvalue weighted by atomic mass is 79.9. The van der Waals surface area contributed by atoms with E-state index in [0.29, 0.717) is 5.15 Å². The Labute approximate surface area is 83.3 Å². The fraction of sp³-hybridized carbons (Fsp3) is 0.125. The Hall–Kier alpha value is -0.540. The number of hydrogen-bond acceptors (Lipinski definition) is 1. The maximum Gasteiger partial charge on any atom is 0.152 e. The molecule has 0 aliphatic heterocycles. The van der Waals surface area contributed by atoms with E-state index in [0.717, 1.165) is 15.7 Å². The smallest absolute Gasteiger partial charge is 0.152 e. The highest BCUT2D eigenvalue weighted by molar-refractivity contribution is 9.10. The molecule has 0 atom stereocenters. The molecule has 12 heavy (non-hydrogen) atoms. The molecule has 2 rings (SSSR count). The molecule has 0 aliphatic rings. The fourth-order valence-electron chi connectivity index (χ4n) is 1.13. The Morgan fingerprint density at radius 3 is 3.08 bits per heavy atom. The van der Waals surface area contributed by atoms with Crippen molar-refractivity contribution >= 4 is 33.2 Å².